The van der Waals surface area contributed by atoms with Crippen LogP contribution in [0, 0.1) is 0 Å². The highest BCUT2D eigenvalue weighted by Crippen LogP contribution is 2.19. The number of aryl methyl sites for hydroxylation is 1. The fourth-order valence-electron chi connectivity index (χ4n) is 1.99. The lowest BCUT2D eigenvalue weighted by Gasteiger charge is -2.20. The minimum absolute atomic E-state index is 0.258. The Morgan fingerprint density at radius 2 is 2.17 bits per heavy atom. The summed E-state index contributed by atoms with van der Waals surface area (Å²) < 4.78 is 7.39. The summed E-state index contributed by atoms with van der Waals surface area (Å²) in [6.07, 6.45) is 7.62. The van der Waals surface area contributed by atoms with Gasteiger partial charge in [-0.2, -0.15) is 5.10 Å². The van der Waals surface area contributed by atoms with Crippen LogP contribution in [0.5, 0.6) is 0 Å². The Hall–Kier alpha value is -0.870. The van der Waals surface area contributed by atoms with Crippen molar-refractivity contribution in [2.24, 2.45) is 0 Å². The van der Waals surface area contributed by atoms with Gasteiger partial charge in [0.25, 0.3) is 0 Å². The Balaban J connectivity index is 2.66. The Labute approximate surface area is 111 Å². The van der Waals surface area contributed by atoms with E-state index < -0.39 is 0 Å². The molecule has 4 heteroatoms. The number of nitrogens with one attached hydrogen (secondary N) is 1. The minimum Gasteiger partial charge on any atom is -0.382 e. The van der Waals surface area contributed by atoms with E-state index in [9.17, 15) is 0 Å². The highest BCUT2D eigenvalue weighted by Gasteiger charge is 2.16. The molecule has 0 aromatic carbocycles. The van der Waals surface area contributed by atoms with E-state index in [1.54, 1.807) is 7.11 Å². The summed E-state index contributed by atoms with van der Waals surface area (Å²) in [5.74, 6) is 0. The third-order valence-electron chi connectivity index (χ3n) is 3.12. The van der Waals surface area contributed by atoms with Crippen molar-refractivity contribution in [3.8, 4) is 0 Å². The second kappa shape index (κ2) is 8.27. The van der Waals surface area contributed by atoms with Crippen LogP contribution in [-0.4, -0.2) is 29.5 Å². The summed E-state index contributed by atoms with van der Waals surface area (Å²) in [7, 11) is 1.77. The molecule has 18 heavy (non-hydrogen) atoms. The zero-order valence-electron chi connectivity index (χ0n) is 12.1. The molecule has 1 heterocycles. The van der Waals surface area contributed by atoms with Crippen LogP contribution in [0.15, 0.2) is 12.4 Å². The number of nitrogens with zero attached hydrogens (tertiary/aromatic N) is 2. The van der Waals surface area contributed by atoms with Crippen molar-refractivity contribution < 1.29 is 4.74 Å². The van der Waals surface area contributed by atoms with Crippen LogP contribution in [0.3, 0.4) is 0 Å². The summed E-state index contributed by atoms with van der Waals surface area (Å²) >= 11 is 0. The fourth-order valence-corrected chi connectivity index (χ4v) is 1.99. The van der Waals surface area contributed by atoms with E-state index in [1.807, 2.05) is 10.9 Å². The fraction of sp³-hybridized carbons (Fsp3) is 0.786. The van der Waals surface area contributed by atoms with E-state index in [2.05, 4.69) is 37.4 Å². The number of hydrogen-bond donors (Lipinski definition) is 1. The van der Waals surface area contributed by atoms with Crippen LogP contribution in [0.4, 0.5) is 0 Å². The molecular formula is C14H27N3O. The lowest BCUT2D eigenvalue weighted by molar-refractivity contribution is 0.100. The van der Waals surface area contributed by atoms with E-state index in [0.29, 0.717) is 6.04 Å². The van der Waals surface area contributed by atoms with Crippen LogP contribution < -0.4 is 5.32 Å². The van der Waals surface area contributed by atoms with Gasteiger partial charge < -0.3 is 10.1 Å². The van der Waals surface area contributed by atoms with Gasteiger partial charge in [0.05, 0.1) is 12.3 Å². The van der Waals surface area contributed by atoms with Crippen molar-refractivity contribution in [3.05, 3.63) is 18.0 Å². The predicted molar refractivity (Wildman–Crippen MR) is 74.6 cm³/mol. The largest absolute Gasteiger partial charge is 0.382 e. The molecule has 0 saturated carbocycles. The van der Waals surface area contributed by atoms with Crippen molar-refractivity contribution in [2.45, 2.75) is 58.7 Å². The molecule has 0 spiro atoms. The summed E-state index contributed by atoms with van der Waals surface area (Å²) in [5, 5.41) is 7.98. The van der Waals surface area contributed by atoms with Gasteiger partial charge in [-0.05, 0) is 32.7 Å². The smallest absolute Gasteiger partial charge is 0.0561 e. The van der Waals surface area contributed by atoms with Gasteiger partial charge in [0, 0.05) is 31.5 Å². The first-order valence-electron chi connectivity index (χ1n) is 6.99. The van der Waals surface area contributed by atoms with Gasteiger partial charge in [-0.25, -0.2) is 0 Å². The first-order chi connectivity index (χ1) is 8.71. The third-order valence-corrected chi connectivity index (χ3v) is 3.12. The van der Waals surface area contributed by atoms with Gasteiger partial charge in [-0.15, -0.1) is 0 Å². The molecule has 4 nitrogen and oxygen atoms in total. The van der Waals surface area contributed by atoms with Gasteiger partial charge in [0.1, 0.15) is 0 Å². The molecule has 104 valence electrons. The maximum atomic E-state index is 5.37. The Morgan fingerprint density at radius 1 is 1.39 bits per heavy atom. The van der Waals surface area contributed by atoms with Gasteiger partial charge in [0.15, 0.2) is 0 Å². The standard InChI is InChI=1S/C14H27N3O/c1-5-7-15-14(9-12(3)18-4)13-10-16-17(11-13)8-6-2/h10-12,14-15H,5-9H2,1-4H3. The van der Waals surface area contributed by atoms with Gasteiger partial charge in [-0.3, -0.25) is 4.68 Å². The number of aromatic nitrogens is 2. The SMILES string of the molecule is CCCNC(CC(C)OC)c1cnn(CCC)c1. The zero-order chi connectivity index (χ0) is 13.4. The van der Waals surface area contributed by atoms with Gasteiger partial charge in [0.2, 0.25) is 0 Å². The van der Waals surface area contributed by atoms with Crippen molar-refractivity contribution in [1.82, 2.24) is 15.1 Å². The van der Waals surface area contributed by atoms with E-state index in [0.717, 1.165) is 32.4 Å². The van der Waals surface area contributed by atoms with E-state index >= 15 is 0 Å². The molecule has 0 aliphatic carbocycles. The number of hydrogen-bond acceptors (Lipinski definition) is 3. The number of rotatable bonds is 9. The topological polar surface area (TPSA) is 39.1 Å². The van der Waals surface area contributed by atoms with Crippen LogP contribution in [0.1, 0.15) is 51.6 Å². The Kier molecular flexibility index (Phi) is 6.98. The lowest BCUT2D eigenvalue weighted by Crippen LogP contribution is -2.25. The molecule has 0 radical (unpaired) electrons. The lowest BCUT2D eigenvalue weighted by atomic mass is 10.0. The second-order valence-electron chi connectivity index (χ2n) is 4.83. The highest BCUT2D eigenvalue weighted by atomic mass is 16.5. The van der Waals surface area contributed by atoms with Crippen LogP contribution in [0.2, 0.25) is 0 Å². The normalized spacial score (nSPS) is 14.7. The maximum absolute atomic E-state index is 5.37. The van der Waals surface area contributed by atoms with Crippen LogP contribution >= 0.6 is 0 Å². The Bertz CT molecular complexity index is 325. The molecule has 1 aromatic heterocycles. The number of methoxy groups -OCH3 is 1. The average molecular weight is 253 g/mol. The summed E-state index contributed by atoms with van der Waals surface area (Å²) in [5.41, 5.74) is 1.26. The maximum Gasteiger partial charge on any atom is 0.0561 e. The molecule has 0 aliphatic heterocycles. The number of ether oxygens (including phenoxy) is 1. The van der Waals surface area contributed by atoms with Crippen molar-refractivity contribution in [2.75, 3.05) is 13.7 Å². The van der Waals surface area contributed by atoms with Crippen LogP contribution in [-0.2, 0) is 11.3 Å². The highest BCUT2D eigenvalue weighted by molar-refractivity contribution is 5.10. The Morgan fingerprint density at radius 3 is 2.78 bits per heavy atom. The molecule has 1 N–H and O–H groups in total. The predicted octanol–water partition coefficient (Wildman–Crippen LogP) is 2.76. The molecule has 0 aliphatic rings. The molecular weight excluding hydrogens is 226 g/mol. The van der Waals surface area contributed by atoms with Gasteiger partial charge in [-0.1, -0.05) is 13.8 Å². The molecule has 1 rings (SSSR count). The summed E-state index contributed by atoms with van der Waals surface area (Å²) in [6, 6.07) is 0.338. The van der Waals surface area contributed by atoms with Crippen LogP contribution in [0.25, 0.3) is 0 Å². The van der Waals surface area contributed by atoms with Crippen molar-refractivity contribution >= 4 is 0 Å². The first kappa shape index (κ1) is 15.2. The average Bonchev–Trinajstić information content (AvgIpc) is 2.83. The molecule has 0 amide bonds. The molecule has 2 unspecified atom stereocenters. The monoisotopic (exact) mass is 253 g/mol. The van der Waals surface area contributed by atoms with E-state index in [1.165, 1.54) is 5.56 Å². The molecule has 0 fully saturated rings. The second-order valence-corrected chi connectivity index (χ2v) is 4.83. The zero-order valence-corrected chi connectivity index (χ0v) is 12.1. The molecule has 1 aromatic rings. The summed E-state index contributed by atoms with van der Waals surface area (Å²) in [6.45, 7) is 8.48. The van der Waals surface area contributed by atoms with E-state index in [4.69, 9.17) is 4.74 Å². The first-order valence-corrected chi connectivity index (χ1v) is 6.99. The minimum atomic E-state index is 0.258. The summed E-state index contributed by atoms with van der Waals surface area (Å²) in [4.78, 5) is 0. The van der Waals surface area contributed by atoms with Crippen molar-refractivity contribution in [1.29, 1.82) is 0 Å². The third kappa shape index (κ3) is 4.78. The van der Waals surface area contributed by atoms with E-state index in [-0.39, 0.29) is 6.10 Å². The van der Waals surface area contributed by atoms with Gasteiger partial charge >= 0.3 is 0 Å². The molecule has 0 saturated heterocycles. The quantitative estimate of drug-likeness (QED) is 0.735. The van der Waals surface area contributed by atoms with Crippen molar-refractivity contribution in [3.63, 3.8) is 0 Å². The molecule has 2 atom stereocenters. The molecule has 0 bridgehead atoms.